The standard InChI is InChI=1S/C15H11N3O2/c19-15-14(18-20)13(10-6-2-1-3-7-10)16-11-8-4-5-9-12(11)17-15/h1-9,14H,(H,17,19)/t14-/m0/s1. The maximum atomic E-state index is 12.1. The summed E-state index contributed by atoms with van der Waals surface area (Å²) in [7, 11) is 0. The molecule has 1 aliphatic heterocycles. The second-order valence-electron chi connectivity index (χ2n) is 4.38. The normalized spacial score (nSPS) is 17.5. The van der Waals surface area contributed by atoms with Crippen molar-refractivity contribution in [1.29, 1.82) is 0 Å². The summed E-state index contributed by atoms with van der Waals surface area (Å²) in [6.07, 6.45) is 0. The second kappa shape index (κ2) is 5.05. The molecule has 3 rings (SSSR count). The minimum Gasteiger partial charge on any atom is -0.322 e. The van der Waals surface area contributed by atoms with Crippen LogP contribution in [0.3, 0.4) is 0 Å². The van der Waals surface area contributed by atoms with Crippen molar-refractivity contribution < 1.29 is 4.79 Å². The van der Waals surface area contributed by atoms with Crippen molar-refractivity contribution in [3.63, 3.8) is 0 Å². The molecule has 1 atom stereocenters. The number of anilines is 1. The van der Waals surface area contributed by atoms with Crippen molar-refractivity contribution in [2.45, 2.75) is 6.04 Å². The van der Waals surface area contributed by atoms with E-state index in [9.17, 15) is 9.70 Å². The van der Waals surface area contributed by atoms with Crippen LogP contribution in [0.15, 0.2) is 64.8 Å². The van der Waals surface area contributed by atoms with Crippen molar-refractivity contribution in [2.75, 3.05) is 5.32 Å². The Morgan fingerprint density at radius 3 is 2.45 bits per heavy atom. The largest absolute Gasteiger partial charge is 0.322 e. The Morgan fingerprint density at radius 2 is 1.70 bits per heavy atom. The Balaban J connectivity index is 2.19. The lowest BCUT2D eigenvalue weighted by Crippen LogP contribution is -2.32. The summed E-state index contributed by atoms with van der Waals surface area (Å²) >= 11 is 0. The van der Waals surface area contributed by atoms with Gasteiger partial charge in [-0.25, -0.2) is 4.99 Å². The zero-order valence-corrected chi connectivity index (χ0v) is 10.5. The summed E-state index contributed by atoms with van der Waals surface area (Å²) < 4.78 is 0. The van der Waals surface area contributed by atoms with Crippen LogP contribution in [0.1, 0.15) is 5.56 Å². The summed E-state index contributed by atoms with van der Waals surface area (Å²) in [5.41, 5.74) is 2.27. The molecule has 98 valence electrons. The molecular formula is C15H11N3O2. The van der Waals surface area contributed by atoms with E-state index in [-0.39, 0.29) is 0 Å². The third-order valence-electron chi connectivity index (χ3n) is 3.09. The summed E-state index contributed by atoms with van der Waals surface area (Å²) in [5.74, 6) is -0.465. The molecule has 1 amide bonds. The van der Waals surface area contributed by atoms with Crippen LogP contribution in [0, 0.1) is 4.91 Å². The number of nitroso groups, excluding NO2 is 1. The fourth-order valence-corrected chi connectivity index (χ4v) is 2.12. The molecule has 0 radical (unpaired) electrons. The number of amides is 1. The molecule has 1 aliphatic rings. The zero-order valence-electron chi connectivity index (χ0n) is 10.5. The average molecular weight is 265 g/mol. The molecule has 2 aromatic carbocycles. The Labute approximate surface area is 115 Å². The van der Waals surface area contributed by atoms with Gasteiger partial charge < -0.3 is 5.32 Å². The molecule has 0 aromatic heterocycles. The average Bonchev–Trinajstić information content (AvgIpc) is 2.63. The van der Waals surface area contributed by atoms with Gasteiger partial charge in [0.2, 0.25) is 6.04 Å². The van der Waals surface area contributed by atoms with Gasteiger partial charge in [-0.2, -0.15) is 0 Å². The van der Waals surface area contributed by atoms with Crippen LogP contribution < -0.4 is 5.32 Å². The lowest BCUT2D eigenvalue weighted by molar-refractivity contribution is -0.116. The van der Waals surface area contributed by atoms with Gasteiger partial charge in [0.05, 0.1) is 17.1 Å². The number of nitrogens with one attached hydrogen (secondary N) is 1. The number of hydrogen-bond donors (Lipinski definition) is 1. The van der Waals surface area contributed by atoms with Crippen LogP contribution in [0.2, 0.25) is 0 Å². The van der Waals surface area contributed by atoms with Gasteiger partial charge in [-0.15, -0.1) is 4.91 Å². The number of rotatable bonds is 2. The first-order chi connectivity index (χ1) is 9.79. The predicted molar refractivity (Wildman–Crippen MR) is 77.3 cm³/mol. The number of fused-ring (bicyclic) bond motifs is 1. The van der Waals surface area contributed by atoms with Gasteiger partial charge in [0, 0.05) is 0 Å². The summed E-state index contributed by atoms with van der Waals surface area (Å²) in [4.78, 5) is 27.6. The molecular weight excluding hydrogens is 254 g/mol. The van der Waals surface area contributed by atoms with E-state index in [1.165, 1.54) is 0 Å². The second-order valence-corrected chi connectivity index (χ2v) is 4.38. The van der Waals surface area contributed by atoms with Gasteiger partial charge in [0.1, 0.15) is 0 Å². The number of hydrogen-bond acceptors (Lipinski definition) is 4. The van der Waals surface area contributed by atoms with Gasteiger partial charge >= 0.3 is 0 Å². The fraction of sp³-hybridized carbons (Fsp3) is 0.0667. The van der Waals surface area contributed by atoms with E-state index in [0.29, 0.717) is 22.6 Å². The topological polar surface area (TPSA) is 70.9 Å². The van der Waals surface area contributed by atoms with Crippen LogP contribution in [0.25, 0.3) is 0 Å². The van der Waals surface area contributed by atoms with Crippen molar-refractivity contribution in [3.8, 4) is 0 Å². The van der Waals surface area contributed by atoms with Gasteiger partial charge in [0.15, 0.2) is 0 Å². The fourth-order valence-electron chi connectivity index (χ4n) is 2.12. The first-order valence-corrected chi connectivity index (χ1v) is 6.16. The molecule has 0 aliphatic carbocycles. The molecule has 5 heteroatoms. The Kier molecular flexibility index (Phi) is 3.09. The molecule has 20 heavy (non-hydrogen) atoms. The Bertz CT molecular complexity index is 695. The number of para-hydroxylation sites is 2. The highest BCUT2D eigenvalue weighted by atomic mass is 16.3. The van der Waals surface area contributed by atoms with E-state index < -0.39 is 11.9 Å². The van der Waals surface area contributed by atoms with E-state index in [4.69, 9.17) is 0 Å². The number of carbonyl (C=O) groups is 1. The maximum absolute atomic E-state index is 12.1. The zero-order chi connectivity index (χ0) is 13.9. The maximum Gasteiger partial charge on any atom is 0.259 e. The smallest absolute Gasteiger partial charge is 0.259 e. The van der Waals surface area contributed by atoms with E-state index in [1.54, 1.807) is 30.3 Å². The van der Waals surface area contributed by atoms with Crippen LogP contribution >= 0.6 is 0 Å². The summed E-state index contributed by atoms with van der Waals surface area (Å²) in [5, 5.41) is 5.61. The summed E-state index contributed by atoms with van der Waals surface area (Å²) in [6, 6.07) is 15.1. The molecule has 1 N–H and O–H groups in total. The highest BCUT2D eigenvalue weighted by molar-refractivity contribution is 6.22. The minimum atomic E-state index is -1.15. The SMILES string of the molecule is O=N[C@@H]1C(=O)Nc2ccccc2N=C1c1ccccc1. The molecule has 0 fully saturated rings. The molecule has 0 spiro atoms. The molecule has 5 nitrogen and oxygen atoms in total. The Hall–Kier alpha value is -2.82. The first kappa shape index (κ1) is 12.2. The molecule has 0 unspecified atom stereocenters. The molecule has 0 saturated heterocycles. The quantitative estimate of drug-likeness (QED) is 0.848. The predicted octanol–water partition coefficient (Wildman–Crippen LogP) is 2.89. The molecule has 0 saturated carbocycles. The van der Waals surface area contributed by atoms with Gasteiger partial charge in [-0.1, -0.05) is 42.5 Å². The van der Waals surface area contributed by atoms with Crippen LogP contribution in [0.4, 0.5) is 11.4 Å². The number of aliphatic imine (C=N–C) groups is 1. The van der Waals surface area contributed by atoms with Gasteiger partial charge in [0.25, 0.3) is 5.91 Å². The molecule has 1 heterocycles. The molecule has 2 aromatic rings. The van der Waals surface area contributed by atoms with E-state index in [1.807, 2.05) is 24.3 Å². The highest BCUT2D eigenvalue weighted by Crippen LogP contribution is 2.29. The van der Waals surface area contributed by atoms with E-state index in [0.717, 1.165) is 0 Å². The van der Waals surface area contributed by atoms with Crippen LogP contribution in [-0.2, 0) is 4.79 Å². The summed E-state index contributed by atoms with van der Waals surface area (Å²) in [6.45, 7) is 0. The third-order valence-corrected chi connectivity index (χ3v) is 3.09. The number of nitrogens with zero attached hydrogens (tertiary/aromatic N) is 2. The number of benzene rings is 2. The van der Waals surface area contributed by atoms with E-state index >= 15 is 0 Å². The van der Waals surface area contributed by atoms with Gasteiger partial charge in [-0.05, 0) is 22.9 Å². The van der Waals surface area contributed by atoms with E-state index in [2.05, 4.69) is 15.5 Å². The van der Waals surface area contributed by atoms with Crippen molar-refractivity contribution in [3.05, 3.63) is 65.1 Å². The number of carbonyl (C=O) groups excluding carboxylic acids is 1. The van der Waals surface area contributed by atoms with Crippen molar-refractivity contribution in [1.82, 2.24) is 0 Å². The van der Waals surface area contributed by atoms with Crippen LogP contribution in [-0.4, -0.2) is 17.7 Å². The van der Waals surface area contributed by atoms with Crippen molar-refractivity contribution in [2.24, 2.45) is 10.2 Å². The first-order valence-electron chi connectivity index (χ1n) is 6.16. The lowest BCUT2D eigenvalue weighted by atomic mass is 10.0. The van der Waals surface area contributed by atoms with Gasteiger partial charge in [-0.3, -0.25) is 4.79 Å². The Morgan fingerprint density at radius 1 is 1.00 bits per heavy atom. The van der Waals surface area contributed by atoms with Crippen molar-refractivity contribution >= 4 is 23.0 Å². The highest BCUT2D eigenvalue weighted by Gasteiger charge is 2.30. The monoisotopic (exact) mass is 265 g/mol. The van der Waals surface area contributed by atoms with Crippen LogP contribution in [0.5, 0.6) is 0 Å². The third kappa shape index (κ3) is 2.09. The molecule has 0 bridgehead atoms. The minimum absolute atomic E-state index is 0.364. The lowest BCUT2D eigenvalue weighted by Gasteiger charge is -2.09.